The minimum atomic E-state index is -3.52. The largest absolute Gasteiger partial charge is 0.273 e. The molecule has 0 atom stereocenters. The fourth-order valence-electron chi connectivity index (χ4n) is 3.18. The number of nitrogens with zero attached hydrogens (tertiary/aromatic N) is 1. The minimum Gasteiger partial charge on any atom is -0.273 e. The number of carbonyl (C=O) groups excluding carboxylic acids is 2. The minimum absolute atomic E-state index is 0.165. The standard InChI is InChI=1S/C22H27N3O4S2/c1-16-5-8-19(15-17(16)2)30-14-11-21(26)23-24-22(27)18-6-9-20(10-7-18)31(28,29)25-12-3-4-13-25/h5-10,15H,3-4,11-14H2,1-2H3,(H,23,26)(H,24,27). The van der Waals surface area contributed by atoms with E-state index in [-0.39, 0.29) is 22.8 Å². The summed E-state index contributed by atoms with van der Waals surface area (Å²) in [6, 6.07) is 11.9. The molecule has 0 spiro atoms. The maximum absolute atomic E-state index is 12.5. The number of hydrogen-bond acceptors (Lipinski definition) is 5. The highest BCUT2D eigenvalue weighted by molar-refractivity contribution is 7.99. The Balaban J connectivity index is 1.45. The summed E-state index contributed by atoms with van der Waals surface area (Å²) < 4.78 is 26.5. The second-order valence-corrected chi connectivity index (χ2v) is 10.6. The van der Waals surface area contributed by atoms with Crippen molar-refractivity contribution in [2.24, 2.45) is 0 Å². The number of sulfonamides is 1. The third-order valence-electron chi connectivity index (χ3n) is 5.21. The average molecular weight is 462 g/mol. The Bertz CT molecular complexity index is 1050. The van der Waals surface area contributed by atoms with Gasteiger partial charge < -0.3 is 0 Å². The molecule has 2 N–H and O–H groups in total. The molecule has 3 rings (SSSR count). The molecular weight excluding hydrogens is 434 g/mol. The van der Waals surface area contributed by atoms with E-state index < -0.39 is 15.9 Å². The summed E-state index contributed by atoms with van der Waals surface area (Å²) in [6.45, 7) is 5.16. The van der Waals surface area contributed by atoms with E-state index >= 15 is 0 Å². The van der Waals surface area contributed by atoms with Crippen LogP contribution in [0.4, 0.5) is 0 Å². The molecule has 9 heteroatoms. The van der Waals surface area contributed by atoms with Crippen molar-refractivity contribution in [2.75, 3.05) is 18.8 Å². The van der Waals surface area contributed by atoms with Crippen molar-refractivity contribution in [2.45, 2.75) is 42.9 Å². The topological polar surface area (TPSA) is 95.6 Å². The summed E-state index contributed by atoms with van der Waals surface area (Å²) in [5, 5.41) is 0. The SMILES string of the molecule is Cc1ccc(SCCC(=O)NNC(=O)c2ccc(S(=O)(=O)N3CCCC3)cc2)cc1C. The van der Waals surface area contributed by atoms with Gasteiger partial charge in [0.2, 0.25) is 15.9 Å². The van der Waals surface area contributed by atoms with Crippen molar-refractivity contribution < 1.29 is 18.0 Å². The van der Waals surface area contributed by atoms with Crippen LogP contribution >= 0.6 is 11.8 Å². The lowest BCUT2D eigenvalue weighted by Crippen LogP contribution is -2.41. The van der Waals surface area contributed by atoms with Gasteiger partial charge in [-0.25, -0.2) is 8.42 Å². The lowest BCUT2D eigenvalue weighted by Gasteiger charge is -2.15. The predicted molar refractivity (Wildman–Crippen MR) is 121 cm³/mol. The van der Waals surface area contributed by atoms with Crippen molar-refractivity contribution in [3.63, 3.8) is 0 Å². The Morgan fingerprint density at radius 1 is 0.968 bits per heavy atom. The number of rotatable bonds is 7. The highest BCUT2D eigenvalue weighted by atomic mass is 32.2. The summed E-state index contributed by atoms with van der Waals surface area (Å²) in [6.07, 6.45) is 1.98. The first-order valence-electron chi connectivity index (χ1n) is 10.2. The van der Waals surface area contributed by atoms with Gasteiger partial charge in [-0.15, -0.1) is 11.8 Å². The molecule has 1 fully saturated rings. The van der Waals surface area contributed by atoms with Crippen LogP contribution in [0.25, 0.3) is 0 Å². The number of hydrogen-bond donors (Lipinski definition) is 2. The van der Waals surface area contributed by atoms with E-state index in [0.717, 1.165) is 17.7 Å². The Morgan fingerprint density at radius 2 is 1.65 bits per heavy atom. The van der Waals surface area contributed by atoms with Crippen LogP contribution in [-0.4, -0.2) is 43.4 Å². The summed E-state index contributed by atoms with van der Waals surface area (Å²) in [5.74, 6) is -0.203. The third-order valence-corrected chi connectivity index (χ3v) is 8.12. The molecule has 1 heterocycles. The molecule has 0 radical (unpaired) electrons. The van der Waals surface area contributed by atoms with Crippen molar-refractivity contribution in [3.05, 3.63) is 59.2 Å². The van der Waals surface area contributed by atoms with Crippen LogP contribution in [-0.2, 0) is 14.8 Å². The second-order valence-electron chi connectivity index (χ2n) is 7.48. The van der Waals surface area contributed by atoms with Crippen molar-refractivity contribution in [3.8, 4) is 0 Å². The van der Waals surface area contributed by atoms with E-state index in [9.17, 15) is 18.0 Å². The van der Waals surface area contributed by atoms with Gasteiger partial charge in [0.05, 0.1) is 4.90 Å². The highest BCUT2D eigenvalue weighted by Gasteiger charge is 2.27. The zero-order chi connectivity index (χ0) is 22.4. The zero-order valence-electron chi connectivity index (χ0n) is 17.7. The van der Waals surface area contributed by atoms with Gasteiger partial charge in [0.15, 0.2) is 0 Å². The van der Waals surface area contributed by atoms with Gasteiger partial charge in [-0.05, 0) is 74.2 Å². The molecule has 0 aliphatic carbocycles. The summed E-state index contributed by atoms with van der Waals surface area (Å²) >= 11 is 1.58. The van der Waals surface area contributed by atoms with Crippen LogP contribution in [0.2, 0.25) is 0 Å². The first-order valence-corrected chi connectivity index (χ1v) is 12.6. The molecule has 0 bridgehead atoms. The molecule has 1 saturated heterocycles. The Hall–Kier alpha value is -2.36. The Labute approximate surface area is 187 Å². The molecule has 2 amide bonds. The molecule has 7 nitrogen and oxygen atoms in total. The molecule has 2 aromatic carbocycles. The van der Waals surface area contributed by atoms with E-state index in [1.54, 1.807) is 11.8 Å². The molecular formula is C22H27N3O4S2. The Morgan fingerprint density at radius 3 is 2.29 bits per heavy atom. The predicted octanol–water partition coefficient (Wildman–Crippen LogP) is 3.03. The van der Waals surface area contributed by atoms with E-state index in [1.807, 2.05) is 6.07 Å². The number of aryl methyl sites for hydroxylation is 2. The van der Waals surface area contributed by atoms with E-state index in [2.05, 4.69) is 36.8 Å². The molecule has 0 aromatic heterocycles. The van der Waals surface area contributed by atoms with Gasteiger partial charge in [0.25, 0.3) is 5.91 Å². The van der Waals surface area contributed by atoms with E-state index in [0.29, 0.717) is 18.8 Å². The van der Waals surface area contributed by atoms with Crippen molar-refractivity contribution in [1.29, 1.82) is 0 Å². The number of benzene rings is 2. The van der Waals surface area contributed by atoms with Crippen LogP contribution in [0.5, 0.6) is 0 Å². The third kappa shape index (κ3) is 6.09. The van der Waals surface area contributed by atoms with Crippen LogP contribution in [0.3, 0.4) is 0 Å². The molecule has 0 unspecified atom stereocenters. The van der Waals surface area contributed by atoms with Crippen molar-refractivity contribution in [1.82, 2.24) is 15.2 Å². The summed E-state index contributed by atoms with van der Waals surface area (Å²) in [5.41, 5.74) is 7.47. The molecule has 1 aliphatic heterocycles. The molecule has 1 aliphatic rings. The van der Waals surface area contributed by atoms with Gasteiger partial charge in [0, 0.05) is 35.7 Å². The van der Waals surface area contributed by atoms with Crippen molar-refractivity contribution >= 4 is 33.6 Å². The normalized spacial score (nSPS) is 14.4. The molecule has 0 saturated carbocycles. The lowest BCUT2D eigenvalue weighted by molar-refractivity contribution is -0.121. The maximum atomic E-state index is 12.5. The molecule has 166 valence electrons. The monoisotopic (exact) mass is 461 g/mol. The second kappa shape index (κ2) is 10.3. The quantitative estimate of drug-likeness (QED) is 0.488. The van der Waals surface area contributed by atoms with Gasteiger partial charge in [-0.2, -0.15) is 4.31 Å². The average Bonchev–Trinajstić information content (AvgIpc) is 3.30. The van der Waals surface area contributed by atoms with Gasteiger partial charge in [-0.3, -0.25) is 20.4 Å². The van der Waals surface area contributed by atoms with Crippen LogP contribution in [0.15, 0.2) is 52.3 Å². The molecule has 2 aromatic rings. The van der Waals surface area contributed by atoms with Gasteiger partial charge in [-0.1, -0.05) is 6.07 Å². The van der Waals surface area contributed by atoms with Gasteiger partial charge >= 0.3 is 0 Å². The van der Waals surface area contributed by atoms with E-state index in [4.69, 9.17) is 0 Å². The number of amides is 2. The smallest absolute Gasteiger partial charge is 0.269 e. The summed E-state index contributed by atoms with van der Waals surface area (Å²) in [7, 11) is -3.52. The number of nitrogens with one attached hydrogen (secondary N) is 2. The van der Waals surface area contributed by atoms with Gasteiger partial charge in [0.1, 0.15) is 0 Å². The summed E-state index contributed by atoms with van der Waals surface area (Å²) in [4.78, 5) is 25.5. The molecule has 31 heavy (non-hydrogen) atoms. The highest BCUT2D eigenvalue weighted by Crippen LogP contribution is 2.22. The maximum Gasteiger partial charge on any atom is 0.269 e. The lowest BCUT2D eigenvalue weighted by atomic mass is 10.1. The number of hydrazine groups is 1. The fourth-order valence-corrected chi connectivity index (χ4v) is 5.65. The number of thioether (sulfide) groups is 1. The van der Waals surface area contributed by atoms with Crippen LogP contribution < -0.4 is 10.9 Å². The van der Waals surface area contributed by atoms with Crippen LogP contribution in [0.1, 0.15) is 40.7 Å². The first-order chi connectivity index (χ1) is 14.8. The number of carbonyl (C=O) groups is 2. The first kappa shape index (κ1) is 23.3. The van der Waals surface area contributed by atoms with E-state index in [1.165, 1.54) is 39.7 Å². The fraction of sp³-hybridized carbons (Fsp3) is 0.364. The Kier molecular flexibility index (Phi) is 7.74. The van der Waals surface area contributed by atoms with Crippen LogP contribution in [0, 0.1) is 13.8 Å². The zero-order valence-corrected chi connectivity index (χ0v) is 19.3.